The molecule has 2 bridgehead atoms. The maximum atomic E-state index is 13.9. The van der Waals surface area contributed by atoms with Gasteiger partial charge in [-0.15, -0.1) is 0 Å². The van der Waals surface area contributed by atoms with Crippen molar-refractivity contribution in [1.82, 2.24) is 0 Å². The average Bonchev–Trinajstić information content (AvgIpc) is 2.98. The van der Waals surface area contributed by atoms with E-state index < -0.39 is 5.41 Å². The van der Waals surface area contributed by atoms with Crippen molar-refractivity contribution in [2.24, 2.45) is 5.41 Å². The number of carbonyl (C=O) groups excluding carboxylic acids is 2. The largest absolute Gasteiger partial charge is 0.274 e. The van der Waals surface area contributed by atoms with Gasteiger partial charge in [-0.1, -0.05) is 48.5 Å². The maximum Gasteiger partial charge on any atom is 0.241 e. The molecule has 1 atom stereocenters. The number of benzene rings is 3. The molecule has 1 heterocycles. The van der Waals surface area contributed by atoms with Crippen molar-refractivity contribution >= 4 is 40.1 Å². The van der Waals surface area contributed by atoms with Gasteiger partial charge in [-0.25, -0.2) is 0 Å². The van der Waals surface area contributed by atoms with E-state index in [0.29, 0.717) is 12.1 Å². The summed E-state index contributed by atoms with van der Waals surface area (Å²) >= 11 is 2.23. The molecule has 0 N–H and O–H groups in total. The van der Waals surface area contributed by atoms with E-state index in [1.807, 2.05) is 36.4 Å². The van der Waals surface area contributed by atoms with Crippen LogP contribution in [0.15, 0.2) is 72.8 Å². The van der Waals surface area contributed by atoms with E-state index in [4.69, 9.17) is 0 Å². The highest BCUT2D eigenvalue weighted by atomic mass is 127. The lowest BCUT2D eigenvalue weighted by Gasteiger charge is -2.50. The van der Waals surface area contributed by atoms with E-state index in [-0.39, 0.29) is 30.1 Å². The van der Waals surface area contributed by atoms with Gasteiger partial charge in [-0.3, -0.25) is 14.5 Å². The van der Waals surface area contributed by atoms with E-state index >= 15 is 0 Å². The number of rotatable bonds is 1. The number of hydrogen-bond donors (Lipinski definition) is 0. The number of amides is 2. The third kappa shape index (κ3) is 2.23. The highest BCUT2D eigenvalue weighted by Crippen LogP contribution is 2.64. The molecule has 7 rings (SSSR count). The molecule has 3 aromatic carbocycles. The Bertz CT molecular complexity index is 1140. The zero-order valence-electron chi connectivity index (χ0n) is 15.6. The number of halogens is 1. The van der Waals surface area contributed by atoms with Crippen LogP contribution >= 0.6 is 22.6 Å². The molecule has 1 aliphatic heterocycles. The summed E-state index contributed by atoms with van der Waals surface area (Å²) in [5.74, 6) is -0.0209. The van der Waals surface area contributed by atoms with Crippen molar-refractivity contribution in [3.63, 3.8) is 0 Å². The third-order valence-corrected chi connectivity index (χ3v) is 7.63. The smallest absolute Gasteiger partial charge is 0.241 e. The molecule has 3 nitrogen and oxygen atoms in total. The summed E-state index contributed by atoms with van der Waals surface area (Å²) in [6.45, 7) is 0. The van der Waals surface area contributed by atoms with Gasteiger partial charge in [-0.05, 0) is 75.5 Å². The monoisotopic (exact) mass is 491 g/mol. The second-order valence-electron chi connectivity index (χ2n) is 8.29. The van der Waals surface area contributed by atoms with Gasteiger partial charge >= 0.3 is 0 Å². The number of imide groups is 1. The standard InChI is InChI=1S/C25H18INO2/c26-15-9-11-16(12-10-15)27-22(28)14-25(24(27)29)13-21-17-5-1-3-7-19(17)23(25)20-8-4-2-6-18(20)21/h1-12,21,23H,13-14H2. The SMILES string of the molecule is O=C1CC2(CC3c4ccccc4C2c2ccccc23)C(=O)N1c1ccc(I)cc1. The Hall–Kier alpha value is -2.47. The quantitative estimate of drug-likeness (QED) is 0.346. The van der Waals surface area contributed by atoms with Gasteiger partial charge < -0.3 is 0 Å². The van der Waals surface area contributed by atoms with Gasteiger partial charge in [0.15, 0.2) is 0 Å². The second-order valence-corrected chi connectivity index (χ2v) is 9.54. The summed E-state index contributed by atoms with van der Waals surface area (Å²) in [6.07, 6.45) is 0.985. The highest BCUT2D eigenvalue weighted by Gasteiger charge is 2.62. The average molecular weight is 491 g/mol. The topological polar surface area (TPSA) is 37.4 Å². The molecule has 1 spiro atoms. The van der Waals surface area contributed by atoms with Gasteiger partial charge in [0.05, 0.1) is 11.1 Å². The van der Waals surface area contributed by atoms with Crippen molar-refractivity contribution in [1.29, 1.82) is 0 Å². The van der Waals surface area contributed by atoms with E-state index in [1.165, 1.54) is 27.2 Å². The van der Waals surface area contributed by atoms with Crippen LogP contribution in [0.4, 0.5) is 5.69 Å². The van der Waals surface area contributed by atoms with Crippen LogP contribution in [0.5, 0.6) is 0 Å². The predicted molar refractivity (Wildman–Crippen MR) is 120 cm³/mol. The second kappa shape index (κ2) is 6.02. The molecule has 3 aliphatic carbocycles. The van der Waals surface area contributed by atoms with Gasteiger partial charge in [0.2, 0.25) is 11.8 Å². The Morgan fingerprint density at radius 2 is 1.34 bits per heavy atom. The van der Waals surface area contributed by atoms with Crippen LogP contribution < -0.4 is 4.90 Å². The molecule has 4 aliphatic rings. The van der Waals surface area contributed by atoms with Crippen molar-refractivity contribution in [3.8, 4) is 0 Å². The Kier molecular flexibility index (Phi) is 3.61. The minimum absolute atomic E-state index is 0.0392. The molecule has 3 aromatic rings. The fourth-order valence-electron chi connectivity index (χ4n) is 5.81. The molecule has 0 saturated carbocycles. The Labute approximate surface area is 182 Å². The first-order chi connectivity index (χ1) is 14.1. The minimum atomic E-state index is -0.687. The zero-order chi connectivity index (χ0) is 19.8. The molecular weight excluding hydrogens is 473 g/mol. The van der Waals surface area contributed by atoms with Crippen LogP contribution in [0.1, 0.15) is 46.9 Å². The first kappa shape index (κ1) is 17.4. The summed E-state index contributed by atoms with van der Waals surface area (Å²) in [7, 11) is 0. The van der Waals surface area contributed by atoms with Crippen LogP contribution in [0.3, 0.4) is 0 Å². The van der Waals surface area contributed by atoms with Crippen molar-refractivity contribution in [2.45, 2.75) is 24.7 Å². The van der Waals surface area contributed by atoms with Crippen LogP contribution in [-0.4, -0.2) is 11.8 Å². The molecular formula is C25H18INO2. The molecule has 2 amide bonds. The Balaban J connectivity index is 1.54. The van der Waals surface area contributed by atoms with Crippen LogP contribution in [0.25, 0.3) is 0 Å². The maximum absolute atomic E-state index is 13.9. The van der Waals surface area contributed by atoms with E-state index in [9.17, 15) is 9.59 Å². The predicted octanol–water partition coefficient (Wildman–Crippen LogP) is 5.22. The molecule has 0 aromatic heterocycles. The van der Waals surface area contributed by atoms with Crippen molar-refractivity contribution in [2.75, 3.05) is 4.90 Å². The molecule has 142 valence electrons. The zero-order valence-corrected chi connectivity index (χ0v) is 17.8. The summed E-state index contributed by atoms with van der Waals surface area (Å²) in [5, 5.41) is 0. The molecule has 1 unspecified atom stereocenters. The summed E-state index contributed by atoms with van der Waals surface area (Å²) < 4.78 is 1.08. The Morgan fingerprint density at radius 3 is 1.93 bits per heavy atom. The molecule has 0 radical (unpaired) electrons. The lowest BCUT2D eigenvalue weighted by atomic mass is 9.51. The molecule has 1 saturated heterocycles. The fourth-order valence-corrected chi connectivity index (χ4v) is 6.17. The summed E-state index contributed by atoms with van der Waals surface area (Å²) in [4.78, 5) is 28.5. The first-order valence-electron chi connectivity index (χ1n) is 9.91. The third-order valence-electron chi connectivity index (χ3n) is 6.92. The van der Waals surface area contributed by atoms with Crippen molar-refractivity contribution < 1.29 is 9.59 Å². The Morgan fingerprint density at radius 1 is 0.793 bits per heavy atom. The van der Waals surface area contributed by atoms with Crippen LogP contribution in [0.2, 0.25) is 0 Å². The van der Waals surface area contributed by atoms with Gasteiger partial charge in [0.1, 0.15) is 0 Å². The van der Waals surface area contributed by atoms with Gasteiger partial charge in [-0.2, -0.15) is 0 Å². The molecule has 29 heavy (non-hydrogen) atoms. The van der Waals surface area contributed by atoms with Crippen molar-refractivity contribution in [3.05, 3.63) is 98.6 Å². The summed E-state index contributed by atoms with van der Waals surface area (Å²) in [6, 6.07) is 24.6. The van der Waals surface area contributed by atoms with E-state index in [1.54, 1.807) is 0 Å². The van der Waals surface area contributed by atoms with Crippen LogP contribution in [-0.2, 0) is 9.59 Å². The lowest BCUT2D eigenvalue weighted by Crippen LogP contribution is -2.47. The number of nitrogens with zero attached hydrogens (tertiary/aromatic N) is 1. The van der Waals surface area contributed by atoms with Crippen LogP contribution in [0, 0.1) is 8.99 Å². The number of hydrogen-bond acceptors (Lipinski definition) is 2. The lowest BCUT2D eigenvalue weighted by molar-refractivity contribution is -0.127. The van der Waals surface area contributed by atoms with E-state index in [2.05, 4.69) is 59.0 Å². The number of anilines is 1. The number of carbonyl (C=O) groups is 2. The fraction of sp³-hybridized carbons (Fsp3) is 0.200. The minimum Gasteiger partial charge on any atom is -0.274 e. The molecule has 1 fully saturated rings. The molecule has 4 heteroatoms. The van der Waals surface area contributed by atoms with E-state index in [0.717, 1.165) is 3.57 Å². The normalized spacial score (nSPS) is 26.7. The van der Waals surface area contributed by atoms with Gasteiger partial charge in [0.25, 0.3) is 0 Å². The van der Waals surface area contributed by atoms with Gasteiger partial charge in [0, 0.05) is 21.8 Å². The summed E-state index contributed by atoms with van der Waals surface area (Å²) in [5.41, 5.74) is 5.05. The first-order valence-corrected chi connectivity index (χ1v) is 11.0. The highest BCUT2D eigenvalue weighted by molar-refractivity contribution is 14.1.